The van der Waals surface area contributed by atoms with E-state index < -0.39 is 11.9 Å². The van der Waals surface area contributed by atoms with Crippen molar-refractivity contribution in [3.8, 4) is 0 Å². The van der Waals surface area contributed by atoms with E-state index in [0.29, 0.717) is 16.1 Å². The van der Waals surface area contributed by atoms with Crippen LogP contribution in [-0.4, -0.2) is 16.9 Å². The zero-order valence-corrected chi connectivity index (χ0v) is 12.3. The second kappa shape index (κ2) is 6.55. The molecule has 0 aliphatic heterocycles. The van der Waals surface area contributed by atoms with E-state index in [-0.39, 0.29) is 12.2 Å². The fourth-order valence-corrected chi connectivity index (χ4v) is 2.21. The number of ketones is 1. The van der Waals surface area contributed by atoms with Gasteiger partial charge in [0.2, 0.25) is 0 Å². The van der Waals surface area contributed by atoms with Gasteiger partial charge in [-0.15, -0.1) is 0 Å². The Kier molecular flexibility index (Phi) is 4.76. The second-order valence-corrected chi connectivity index (χ2v) is 5.37. The summed E-state index contributed by atoms with van der Waals surface area (Å²) < 4.78 is 0. The maximum absolute atomic E-state index is 12.2. The van der Waals surface area contributed by atoms with Crippen LogP contribution >= 0.6 is 11.6 Å². The van der Waals surface area contributed by atoms with Crippen LogP contribution in [0.25, 0.3) is 0 Å². The lowest BCUT2D eigenvalue weighted by Gasteiger charge is -2.12. The van der Waals surface area contributed by atoms with Gasteiger partial charge in [0.1, 0.15) is 0 Å². The number of halogens is 1. The highest BCUT2D eigenvalue weighted by Crippen LogP contribution is 2.23. The number of carboxylic acids is 1. The first-order valence-electron chi connectivity index (χ1n) is 6.55. The summed E-state index contributed by atoms with van der Waals surface area (Å²) in [4.78, 5) is 23.6. The van der Waals surface area contributed by atoms with Gasteiger partial charge in [0.15, 0.2) is 5.78 Å². The van der Waals surface area contributed by atoms with Gasteiger partial charge in [-0.2, -0.15) is 0 Å². The first kappa shape index (κ1) is 15.3. The van der Waals surface area contributed by atoms with E-state index in [9.17, 15) is 14.7 Å². The van der Waals surface area contributed by atoms with E-state index in [1.807, 2.05) is 19.1 Å². The summed E-state index contributed by atoms with van der Waals surface area (Å²) in [5, 5.41) is 9.90. The van der Waals surface area contributed by atoms with Crippen LogP contribution in [0.1, 0.15) is 33.8 Å². The molecule has 0 bridgehead atoms. The van der Waals surface area contributed by atoms with Gasteiger partial charge in [-0.1, -0.05) is 41.4 Å². The molecule has 0 saturated carbocycles. The Balaban J connectivity index is 2.20. The molecule has 108 valence electrons. The molecule has 21 heavy (non-hydrogen) atoms. The average Bonchev–Trinajstić information content (AvgIpc) is 2.46. The Hall–Kier alpha value is -2.13. The van der Waals surface area contributed by atoms with Gasteiger partial charge in [-0.05, 0) is 36.8 Å². The average molecular weight is 303 g/mol. The Morgan fingerprint density at radius 3 is 2.14 bits per heavy atom. The van der Waals surface area contributed by atoms with Crippen molar-refractivity contribution < 1.29 is 14.7 Å². The molecule has 2 aromatic carbocycles. The number of aliphatic carboxylic acids is 1. The molecule has 0 heterocycles. The van der Waals surface area contributed by atoms with Crippen LogP contribution in [0, 0.1) is 6.92 Å². The molecule has 0 amide bonds. The van der Waals surface area contributed by atoms with Gasteiger partial charge >= 0.3 is 5.97 Å². The monoisotopic (exact) mass is 302 g/mol. The van der Waals surface area contributed by atoms with Crippen molar-refractivity contribution in [1.29, 1.82) is 0 Å². The zero-order chi connectivity index (χ0) is 15.4. The highest BCUT2D eigenvalue weighted by Gasteiger charge is 2.23. The van der Waals surface area contributed by atoms with Crippen molar-refractivity contribution in [3.05, 3.63) is 70.2 Å². The minimum atomic E-state index is -0.999. The number of carbonyl (C=O) groups is 2. The number of benzene rings is 2. The minimum Gasteiger partial charge on any atom is -0.481 e. The van der Waals surface area contributed by atoms with Crippen LogP contribution in [0.4, 0.5) is 0 Å². The number of aryl methyl sites for hydroxylation is 1. The molecule has 0 aromatic heterocycles. The van der Waals surface area contributed by atoms with Crippen LogP contribution in [0.5, 0.6) is 0 Å². The van der Waals surface area contributed by atoms with E-state index in [0.717, 1.165) is 5.56 Å². The van der Waals surface area contributed by atoms with Crippen molar-refractivity contribution in [3.63, 3.8) is 0 Å². The fourth-order valence-electron chi connectivity index (χ4n) is 2.09. The summed E-state index contributed by atoms with van der Waals surface area (Å²) in [6.07, 6.45) is -0.0694. The Labute approximate surface area is 128 Å². The molecule has 1 atom stereocenters. The molecule has 0 saturated heterocycles. The summed E-state index contributed by atoms with van der Waals surface area (Å²) in [5.74, 6) is -2.05. The van der Waals surface area contributed by atoms with Gasteiger partial charge in [-0.3, -0.25) is 9.59 Å². The van der Waals surface area contributed by atoms with E-state index in [4.69, 9.17) is 11.6 Å². The summed E-state index contributed by atoms with van der Waals surface area (Å²) in [6.45, 7) is 1.93. The van der Waals surface area contributed by atoms with Gasteiger partial charge in [0.05, 0.1) is 5.92 Å². The first-order chi connectivity index (χ1) is 9.97. The molecule has 2 rings (SSSR count). The van der Waals surface area contributed by atoms with Crippen LogP contribution in [0.2, 0.25) is 5.02 Å². The number of hydrogen-bond donors (Lipinski definition) is 1. The Morgan fingerprint density at radius 1 is 1.05 bits per heavy atom. The number of carboxylic acid groups (broad SMARTS) is 1. The van der Waals surface area contributed by atoms with Crippen LogP contribution in [-0.2, 0) is 4.79 Å². The lowest BCUT2D eigenvalue weighted by molar-refractivity contribution is -0.138. The van der Waals surface area contributed by atoms with Crippen molar-refractivity contribution >= 4 is 23.4 Å². The largest absolute Gasteiger partial charge is 0.481 e. The third-order valence-corrected chi connectivity index (χ3v) is 3.59. The predicted molar refractivity (Wildman–Crippen MR) is 82.0 cm³/mol. The van der Waals surface area contributed by atoms with Crippen LogP contribution in [0.3, 0.4) is 0 Å². The molecule has 4 heteroatoms. The summed E-state index contributed by atoms with van der Waals surface area (Å²) in [5.41, 5.74) is 2.15. The number of rotatable bonds is 5. The molecule has 1 N–H and O–H groups in total. The van der Waals surface area contributed by atoms with E-state index in [1.165, 1.54) is 0 Å². The quantitative estimate of drug-likeness (QED) is 0.846. The van der Waals surface area contributed by atoms with Crippen molar-refractivity contribution in [1.82, 2.24) is 0 Å². The van der Waals surface area contributed by atoms with Crippen LogP contribution < -0.4 is 0 Å². The first-order valence-corrected chi connectivity index (χ1v) is 6.93. The zero-order valence-electron chi connectivity index (χ0n) is 11.5. The highest BCUT2D eigenvalue weighted by molar-refractivity contribution is 6.30. The highest BCUT2D eigenvalue weighted by atomic mass is 35.5. The van der Waals surface area contributed by atoms with Gasteiger partial charge < -0.3 is 5.11 Å². The van der Waals surface area contributed by atoms with E-state index in [2.05, 4.69) is 0 Å². The predicted octanol–water partition coefficient (Wildman–Crippen LogP) is 4.09. The topological polar surface area (TPSA) is 54.4 Å². The number of Topliss-reactive ketones (excluding diaryl/α,β-unsaturated/α-hetero) is 1. The number of hydrogen-bond acceptors (Lipinski definition) is 2. The molecule has 3 nitrogen and oxygen atoms in total. The summed E-state index contributed by atoms with van der Waals surface area (Å²) in [6, 6.07) is 13.7. The molecule has 0 unspecified atom stereocenters. The minimum absolute atomic E-state index is 0.0694. The van der Waals surface area contributed by atoms with Gasteiger partial charge in [-0.25, -0.2) is 0 Å². The summed E-state index contributed by atoms with van der Waals surface area (Å²) in [7, 11) is 0. The lowest BCUT2D eigenvalue weighted by atomic mass is 9.91. The van der Waals surface area contributed by atoms with E-state index in [1.54, 1.807) is 36.4 Å². The van der Waals surface area contributed by atoms with Crippen molar-refractivity contribution in [2.75, 3.05) is 0 Å². The Morgan fingerprint density at radius 2 is 1.62 bits per heavy atom. The van der Waals surface area contributed by atoms with Crippen LogP contribution in [0.15, 0.2) is 48.5 Å². The number of carbonyl (C=O) groups excluding carboxylic acids is 1. The lowest BCUT2D eigenvalue weighted by Crippen LogP contribution is -2.16. The molecule has 0 fully saturated rings. The smallest absolute Gasteiger partial charge is 0.311 e. The molecule has 2 aromatic rings. The summed E-state index contributed by atoms with van der Waals surface area (Å²) >= 11 is 5.78. The molecule has 0 aliphatic rings. The van der Waals surface area contributed by atoms with Gasteiger partial charge in [0.25, 0.3) is 0 Å². The fraction of sp³-hybridized carbons (Fsp3) is 0.176. The van der Waals surface area contributed by atoms with Gasteiger partial charge in [0, 0.05) is 17.0 Å². The molecule has 0 aliphatic carbocycles. The Bertz CT molecular complexity index is 645. The maximum Gasteiger partial charge on any atom is 0.311 e. The molecule has 0 spiro atoms. The normalized spacial score (nSPS) is 11.9. The maximum atomic E-state index is 12.2. The molecule has 0 radical (unpaired) electrons. The van der Waals surface area contributed by atoms with E-state index >= 15 is 0 Å². The van der Waals surface area contributed by atoms with Crippen molar-refractivity contribution in [2.24, 2.45) is 0 Å². The standard InChI is InChI=1S/C17H15ClO3/c1-11-2-4-12(5-3-11)15(17(20)21)10-16(19)13-6-8-14(18)9-7-13/h2-9,15H,10H2,1H3,(H,20,21)/t15-/m1/s1. The molecular formula is C17H15ClO3. The second-order valence-electron chi connectivity index (χ2n) is 4.94. The third kappa shape index (κ3) is 3.92. The van der Waals surface area contributed by atoms with Crippen molar-refractivity contribution in [2.45, 2.75) is 19.3 Å². The molecular weight excluding hydrogens is 288 g/mol. The SMILES string of the molecule is Cc1ccc([C@@H](CC(=O)c2ccc(Cl)cc2)C(=O)O)cc1. The third-order valence-electron chi connectivity index (χ3n) is 3.33.